The molecule has 2 rings (SSSR count). The lowest BCUT2D eigenvalue weighted by atomic mass is 10.2. The molecule has 1 aliphatic rings. The average molecular weight is 292 g/mol. The van der Waals surface area contributed by atoms with Crippen molar-refractivity contribution in [2.75, 3.05) is 19.8 Å². The third-order valence-corrected chi connectivity index (χ3v) is 3.74. The summed E-state index contributed by atoms with van der Waals surface area (Å²) in [5, 5.41) is 0. The minimum Gasteiger partial charge on any atom is -0.377 e. The van der Waals surface area contributed by atoms with Crippen molar-refractivity contribution in [3.63, 3.8) is 0 Å². The summed E-state index contributed by atoms with van der Waals surface area (Å²) in [6.45, 7) is 3.27. The van der Waals surface area contributed by atoms with Crippen molar-refractivity contribution in [2.24, 2.45) is 0 Å². The van der Waals surface area contributed by atoms with Crippen LogP contribution in [0.15, 0.2) is 30.3 Å². The van der Waals surface area contributed by atoms with Gasteiger partial charge >= 0.3 is 0 Å². The third-order valence-electron chi connectivity index (χ3n) is 3.74. The highest BCUT2D eigenvalue weighted by Crippen LogP contribution is 2.14. The Kier molecular flexibility index (Phi) is 8.45. The Morgan fingerprint density at radius 2 is 1.76 bits per heavy atom. The number of benzene rings is 1. The number of hydrogen-bond acceptors (Lipinski definition) is 3. The number of unbranched alkanes of at least 4 members (excludes halogenated alkanes) is 3. The zero-order valence-electron chi connectivity index (χ0n) is 13.0. The van der Waals surface area contributed by atoms with E-state index in [1.807, 2.05) is 6.07 Å². The van der Waals surface area contributed by atoms with E-state index in [2.05, 4.69) is 24.3 Å². The summed E-state index contributed by atoms with van der Waals surface area (Å²) in [5.74, 6) is 0. The molecule has 1 atom stereocenters. The molecule has 0 spiro atoms. The fourth-order valence-electron chi connectivity index (χ4n) is 2.48. The first-order valence-corrected chi connectivity index (χ1v) is 8.30. The van der Waals surface area contributed by atoms with Gasteiger partial charge in [-0.05, 0) is 37.7 Å². The first-order chi connectivity index (χ1) is 10.4. The van der Waals surface area contributed by atoms with Crippen LogP contribution in [-0.2, 0) is 20.8 Å². The molecule has 0 amide bonds. The van der Waals surface area contributed by atoms with E-state index in [1.54, 1.807) is 0 Å². The summed E-state index contributed by atoms with van der Waals surface area (Å²) in [5.41, 5.74) is 1.25. The second kappa shape index (κ2) is 10.8. The van der Waals surface area contributed by atoms with E-state index in [0.29, 0.717) is 0 Å². The maximum Gasteiger partial charge on any atom is 0.157 e. The molecular formula is C18H28O3. The van der Waals surface area contributed by atoms with Gasteiger partial charge in [0.25, 0.3) is 0 Å². The summed E-state index contributed by atoms with van der Waals surface area (Å²) < 4.78 is 16.9. The van der Waals surface area contributed by atoms with E-state index in [0.717, 1.165) is 45.7 Å². The zero-order chi connectivity index (χ0) is 14.6. The number of rotatable bonds is 10. The SMILES string of the molecule is c1ccc(COCCCCCCOC2CCCCO2)cc1. The van der Waals surface area contributed by atoms with Crippen LogP contribution >= 0.6 is 0 Å². The van der Waals surface area contributed by atoms with Gasteiger partial charge in [0.15, 0.2) is 6.29 Å². The molecule has 1 unspecified atom stereocenters. The van der Waals surface area contributed by atoms with Crippen LogP contribution < -0.4 is 0 Å². The molecule has 21 heavy (non-hydrogen) atoms. The van der Waals surface area contributed by atoms with Crippen LogP contribution in [0.25, 0.3) is 0 Å². The maximum atomic E-state index is 5.72. The second-order valence-electron chi connectivity index (χ2n) is 5.62. The van der Waals surface area contributed by atoms with Gasteiger partial charge in [-0.1, -0.05) is 43.2 Å². The summed E-state index contributed by atoms with van der Waals surface area (Å²) in [4.78, 5) is 0. The summed E-state index contributed by atoms with van der Waals surface area (Å²) in [7, 11) is 0. The predicted molar refractivity (Wildman–Crippen MR) is 84.1 cm³/mol. The summed E-state index contributed by atoms with van der Waals surface area (Å²) in [6, 6.07) is 10.3. The zero-order valence-corrected chi connectivity index (χ0v) is 13.0. The molecular weight excluding hydrogens is 264 g/mol. The van der Waals surface area contributed by atoms with Crippen molar-refractivity contribution in [1.82, 2.24) is 0 Å². The van der Waals surface area contributed by atoms with Gasteiger partial charge in [-0.15, -0.1) is 0 Å². The van der Waals surface area contributed by atoms with Gasteiger partial charge < -0.3 is 14.2 Å². The molecule has 3 heteroatoms. The van der Waals surface area contributed by atoms with Gasteiger partial charge in [-0.25, -0.2) is 0 Å². The molecule has 0 aromatic heterocycles. The quantitative estimate of drug-likeness (QED) is 0.602. The molecule has 1 fully saturated rings. The Bertz CT molecular complexity index is 347. The third kappa shape index (κ3) is 7.60. The van der Waals surface area contributed by atoms with E-state index in [-0.39, 0.29) is 6.29 Å². The summed E-state index contributed by atoms with van der Waals surface area (Å²) >= 11 is 0. The largest absolute Gasteiger partial charge is 0.377 e. The van der Waals surface area contributed by atoms with Crippen LogP contribution in [0.4, 0.5) is 0 Å². The minimum absolute atomic E-state index is 0.0629. The smallest absolute Gasteiger partial charge is 0.157 e. The molecule has 1 aromatic rings. The Hall–Kier alpha value is -0.900. The van der Waals surface area contributed by atoms with Crippen LogP contribution in [0.1, 0.15) is 50.5 Å². The highest BCUT2D eigenvalue weighted by molar-refractivity contribution is 5.13. The minimum atomic E-state index is 0.0629. The monoisotopic (exact) mass is 292 g/mol. The van der Waals surface area contributed by atoms with Crippen LogP contribution in [0.5, 0.6) is 0 Å². The fraction of sp³-hybridized carbons (Fsp3) is 0.667. The lowest BCUT2D eigenvalue weighted by Crippen LogP contribution is -2.22. The fourth-order valence-corrected chi connectivity index (χ4v) is 2.48. The molecule has 0 bridgehead atoms. The average Bonchev–Trinajstić information content (AvgIpc) is 2.55. The van der Waals surface area contributed by atoms with Crippen molar-refractivity contribution in [3.05, 3.63) is 35.9 Å². The Morgan fingerprint density at radius 1 is 0.952 bits per heavy atom. The van der Waals surface area contributed by atoms with Crippen LogP contribution in [0, 0.1) is 0 Å². The molecule has 0 radical (unpaired) electrons. The molecule has 0 aliphatic carbocycles. The van der Waals surface area contributed by atoms with E-state index < -0.39 is 0 Å². The lowest BCUT2D eigenvalue weighted by molar-refractivity contribution is -0.162. The Morgan fingerprint density at radius 3 is 2.52 bits per heavy atom. The van der Waals surface area contributed by atoms with Gasteiger partial charge in [-0.2, -0.15) is 0 Å². The molecule has 118 valence electrons. The topological polar surface area (TPSA) is 27.7 Å². The van der Waals surface area contributed by atoms with Gasteiger partial charge in [0, 0.05) is 19.8 Å². The van der Waals surface area contributed by atoms with Gasteiger partial charge in [0.2, 0.25) is 0 Å². The van der Waals surface area contributed by atoms with Crippen molar-refractivity contribution >= 4 is 0 Å². The molecule has 1 heterocycles. The van der Waals surface area contributed by atoms with E-state index in [1.165, 1.54) is 31.2 Å². The molecule has 1 aliphatic heterocycles. The normalized spacial score (nSPS) is 18.8. The van der Waals surface area contributed by atoms with Crippen molar-refractivity contribution < 1.29 is 14.2 Å². The molecule has 3 nitrogen and oxygen atoms in total. The van der Waals surface area contributed by atoms with E-state index in [4.69, 9.17) is 14.2 Å². The Labute approximate surface area is 128 Å². The molecule has 1 aromatic carbocycles. The van der Waals surface area contributed by atoms with Crippen molar-refractivity contribution in [3.8, 4) is 0 Å². The standard InChI is InChI=1S/C18H28O3/c1(2-8-14-20-18-12-6-9-15-21-18)7-13-19-16-17-10-4-3-5-11-17/h3-5,10-11,18H,1-2,6-9,12-16H2. The highest BCUT2D eigenvalue weighted by Gasteiger charge is 2.13. The van der Waals surface area contributed by atoms with Crippen LogP contribution in [0.2, 0.25) is 0 Å². The van der Waals surface area contributed by atoms with E-state index >= 15 is 0 Å². The van der Waals surface area contributed by atoms with E-state index in [9.17, 15) is 0 Å². The first-order valence-electron chi connectivity index (χ1n) is 8.30. The molecule has 0 N–H and O–H groups in total. The lowest BCUT2D eigenvalue weighted by Gasteiger charge is -2.22. The molecule has 1 saturated heterocycles. The van der Waals surface area contributed by atoms with Gasteiger partial charge in [0.05, 0.1) is 6.61 Å². The van der Waals surface area contributed by atoms with Gasteiger partial charge in [-0.3, -0.25) is 0 Å². The van der Waals surface area contributed by atoms with Gasteiger partial charge in [0.1, 0.15) is 0 Å². The Balaban J connectivity index is 1.35. The van der Waals surface area contributed by atoms with Crippen molar-refractivity contribution in [2.45, 2.75) is 57.8 Å². The predicted octanol–water partition coefficient (Wildman–Crippen LogP) is 4.31. The number of ether oxygens (including phenoxy) is 3. The van der Waals surface area contributed by atoms with Crippen molar-refractivity contribution in [1.29, 1.82) is 0 Å². The maximum absolute atomic E-state index is 5.72. The van der Waals surface area contributed by atoms with Crippen LogP contribution in [-0.4, -0.2) is 26.1 Å². The highest BCUT2D eigenvalue weighted by atomic mass is 16.7. The summed E-state index contributed by atoms with van der Waals surface area (Å²) in [6.07, 6.45) is 8.23. The first kappa shape index (κ1) is 16.5. The number of hydrogen-bond donors (Lipinski definition) is 0. The van der Waals surface area contributed by atoms with Crippen LogP contribution in [0.3, 0.4) is 0 Å². The second-order valence-corrected chi connectivity index (χ2v) is 5.62. The molecule has 0 saturated carbocycles.